The van der Waals surface area contributed by atoms with Crippen molar-refractivity contribution in [1.82, 2.24) is 14.7 Å². The minimum Gasteiger partial charge on any atom is -0.493 e. The van der Waals surface area contributed by atoms with Crippen LogP contribution in [0.5, 0.6) is 5.75 Å². The quantitative estimate of drug-likeness (QED) is 0.305. The van der Waals surface area contributed by atoms with E-state index in [9.17, 15) is 14.7 Å². The van der Waals surface area contributed by atoms with Crippen LogP contribution in [0.15, 0.2) is 78.9 Å². The van der Waals surface area contributed by atoms with Gasteiger partial charge in [-0.05, 0) is 91.6 Å². The molecule has 3 aromatic carbocycles. The molecule has 9 heteroatoms. The van der Waals surface area contributed by atoms with Crippen molar-refractivity contribution in [3.8, 4) is 5.75 Å². The number of benzene rings is 3. The lowest BCUT2D eigenvalue weighted by molar-refractivity contribution is -0.0400. The van der Waals surface area contributed by atoms with E-state index in [1.165, 1.54) is 0 Å². The largest absolute Gasteiger partial charge is 0.493 e. The van der Waals surface area contributed by atoms with Crippen LogP contribution >= 0.6 is 0 Å². The summed E-state index contributed by atoms with van der Waals surface area (Å²) in [4.78, 5) is 32.2. The van der Waals surface area contributed by atoms with Crippen LogP contribution in [-0.2, 0) is 15.9 Å². The minimum atomic E-state index is -0.880. The summed E-state index contributed by atoms with van der Waals surface area (Å²) in [5.74, 6) is 1.53. The molecule has 0 aliphatic carbocycles. The maximum absolute atomic E-state index is 13.2. The molecule has 5 heterocycles. The second-order valence-corrected chi connectivity index (χ2v) is 13.4. The fourth-order valence-corrected chi connectivity index (χ4v) is 7.82. The molecule has 5 aliphatic rings. The summed E-state index contributed by atoms with van der Waals surface area (Å²) < 4.78 is 17.4. The number of nitrogens with zero attached hydrogens (tertiary/aromatic N) is 3. The third-order valence-corrected chi connectivity index (χ3v) is 10.4. The summed E-state index contributed by atoms with van der Waals surface area (Å²) in [5.41, 5.74) is 3.68. The van der Waals surface area contributed by atoms with E-state index in [0.29, 0.717) is 56.7 Å². The van der Waals surface area contributed by atoms with Gasteiger partial charge in [0.25, 0.3) is 5.91 Å². The number of carboxylic acid groups (broad SMARTS) is 1. The van der Waals surface area contributed by atoms with Gasteiger partial charge in [-0.25, -0.2) is 4.79 Å². The zero-order valence-corrected chi connectivity index (χ0v) is 26.9. The van der Waals surface area contributed by atoms with Crippen LogP contribution in [0.25, 0.3) is 0 Å². The highest BCUT2D eigenvalue weighted by Crippen LogP contribution is 2.39. The average Bonchev–Trinajstić information content (AvgIpc) is 3.64. The van der Waals surface area contributed by atoms with Crippen LogP contribution in [0.2, 0.25) is 0 Å². The smallest absolute Gasteiger partial charge is 0.408 e. The van der Waals surface area contributed by atoms with Crippen LogP contribution in [0.1, 0.15) is 58.8 Å². The number of hydrogen-bond acceptors (Lipinski definition) is 6. The molecular weight excluding hydrogens is 594 g/mol. The Balaban J connectivity index is 0.978. The van der Waals surface area contributed by atoms with Crippen molar-refractivity contribution in [2.45, 2.75) is 50.5 Å². The van der Waals surface area contributed by atoms with E-state index >= 15 is 0 Å². The molecule has 2 amide bonds. The normalized spacial score (nSPS) is 23.8. The standard InChI is InChI=1S/C38H45N3O6/c42-37(31-11-9-27(10-12-31)23-35-45-21-22-46-35)40-19-13-28(14-20-40)26-47-33-8-4-7-32(24-33)36(30-5-2-1-3-6-30)41(38(43)44)34-25-39-17-15-29(34)16-18-39/h1-12,24,28-29,34-36H,13-23,25-26H2,(H,43,44)/t34-,36-/m0/s1. The lowest BCUT2D eigenvalue weighted by Gasteiger charge is -2.50. The number of likely N-dealkylation sites (tertiary alicyclic amines) is 1. The maximum atomic E-state index is 13.2. The van der Waals surface area contributed by atoms with Crippen LogP contribution in [0, 0.1) is 11.8 Å². The average molecular weight is 640 g/mol. The summed E-state index contributed by atoms with van der Waals surface area (Å²) >= 11 is 0. The SMILES string of the molecule is O=C(c1ccc(CC2OCCO2)cc1)N1CCC(COc2cccc([C@H](c3ccccc3)N(C(=O)O)[C@H]3CN4CCC3CC4)c2)CC1. The molecule has 0 aromatic heterocycles. The molecule has 1 N–H and O–H groups in total. The van der Waals surface area contributed by atoms with Gasteiger partial charge in [0, 0.05) is 31.6 Å². The lowest BCUT2D eigenvalue weighted by Crippen LogP contribution is -2.59. The maximum Gasteiger partial charge on any atom is 0.408 e. The first-order valence-corrected chi connectivity index (χ1v) is 17.1. The van der Waals surface area contributed by atoms with Gasteiger partial charge in [0.2, 0.25) is 0 Å². The van der Waals surface area contributed by atoms with E-state index in [1.807, 2.05) is 83.8 Å². The fourth-order valence-electron chi connectivity index (χ4n) is 7.82. The van der Waals surface area contributed by atoms with Gasteiger partial charge in [0.05, 0.1) is 31.9 Å². The third kappa shape index (κ3) is 7.32. The summed E-state index contributed by atoms with van der Waals surface area (Å²) in [6.45, 7) is 6.12. The number of piperidine rings is 4. The topological polar surface area (TPSA) is 91.8 Å². The molecule has 5 fully saturated rings. The summed E-state index contributed by atoms with van der Waals surface area (Å²) in [5, 5.41) is 10.6. The van der Waals surface area contributed by atoms with Crippen molar-refractivity contribution in [1.29, 1.82) is 0 Å². The Hall–Kier alpha value is -3.92. The molecule has 0 unspecified atom stereocenters. The number of hydrogen-bond donors (Lipinski definition) is 1. The second kappa shape index (κ2) is 14.5. The Kier molecular flexibility index (Phi) is 9.74. The Morgan fingerprint density at radius 3 is 2.21 bits per heavy atom. The summed E-state index contributed by atoms with van der Waals surface area (Å²) in [7, 11) is 0. The van der Waals surface area contributed by atoms with E-state index in [-0.39, 0.29) is 18.2 Å². The molecule has 9 nitrogen and oxygen atoms in total. The molecule has 2 atom stereocenters. The minimum absolute atomic E-state index is 0.0447. The first-order valence-electron chi connectivity index (χ1n) is 17.1. The molecule has 248 valence electrons. The van der Waals surface area contributed by atoms with Crippen LogP contribution < -0.4 is 4.74 Å². The number of amides is 2. The van der Waals surface area contributed by atoms with Gasteiger partial charge < -0.3 is 29.1 Å². The van der Waals surface area contributed by atoms with Gasteiger partial charge >= 0.3 is 6.09 Å². The molecule has 2 bridgehead atoms. The van der Waals surface area contributed by atoms with Gasteiger partial charge in [-0.2, -0.15) is 0 Å². The monoisotopic (exact) mass is 639 g/mol. The van der Waals surface area contributed by atoms with Gasteiger partial charge in [-0.3, -0.25) is 9.69 Å². The van der Waals surface area contributed by atoms with Crippen LogP contribution in [0.3, 0.4) is 0 Å². The van der Waals surface area contributed by atoms with Crippen LogP contribution in [0.4, 0.5) is 4.79 Å². The molecule has 3 aromatic rings. The molecule has 5 aliphatic heterocycles. The molecule has 0 radical (unpaired) electrons. The van der Waals surface area contributed by atoms with Crippen molar-refractivity contribution in [2.75, 3.05) is 52.5 Å². The lowest BCUT2D eigenvalue weighted by atomic mass is 9.81. The zero-order valence-electron chi connectivity index (χ0n) is 26.9. The molecule has 8 rings (SSSR count). The van der Waals surface area contributed by atoms with Crippen molar-refractivity contribution >= 4 is 12.0 Å². The Morgan fingerprint density at radius 1 is 0.851 bits per heavy atom. The Labute approximate surface area is 277 Å². The van der Waals surface area contributed by atoms with Crippen molar-refractivity contribution < 1.29 is 28.9 Å². The van der Waals surface area contributed by atoms with Crippen molar-refractivity contribution in [3.05, 3.63) is 101 Å². The fraction of sp³-hybridized carbons (Fsp3) is 0.474. The van der Waals surface area contributed by atoms with E-state index in [2.05, 4.69) is 4.90 Å². The first kappa shape index (κ1) is 31.7. The molecular formula is C38H45N3O6. The number of carbonyl (C=O) groups is 2. The van der Waals surface area contributed by atoms with E-state index < -0.39 is 12.1 Å². The second-order valence-electron chi connectivity index (χ2n) is 13.4. The Morgan fingerprint density at radius 2 is 1.55 bits per heavy atom. The van der Waals surface area contributed by atoms with E-state index in [4.69, 9.17) is 14.2 Å². The number of rotatable bonds is 10. The summed E-state index contributed by atoms with van der Waals surface area (Å²) in [6, 6.07) is 25.3. The van der Waals surface area contributed by atoms with Gasteiger partial charge in [-0.1, -0.05) is 54.6 Å². The highest BCUT2D eigenvalue weighted by Gasteiger charge is 2.43. The van der Waals surface area contributed by atoms with E-state index in [0.717, 1.165) is 67.8 Å². The Bertz CT molecular complexity index is 1500. The number of ether oxygens (including phenoxy) is 3. The molecule has 47 heavy (non-hydrogen) atoms. The van der Waals surface area contributed by atoms with E-state index in [1.54, 1.807) is 4.90 Å². The number of carbonyl (C=O) groups excluding carboxylic acids is 1. The highest BCUT2D eigenvalue weighted by atomic mass is 16.7. The number of fused-ring (bicyclic) bond motifs is 3. The van der Waals surface area contributed by atoms with Crippen molar-refractivity contribution in [3.63, 3.8) is 0 Å². The van der Waals surface area contributed by atoms with Crippen molar-refractivity contribution in [2.24, 2.45) is 11.8 Å². The predicted molar refractivity (Wildman–Crippen MR) is 178 cm³/mol. The summed E-state index contributed by atoms with van der Waals surface area (Å²) in [6.07, 6.45) is 3.45. The van der Waals surface area contributed by atoms with Gasteiger partial charge in [0.1, 0.15) is 5.75 Å². The highest BCUT2D eigenvalue weighted by molar-refractivity contribution is 5.94. The van der Waals surface area contributed by atoms with Gasteiger partial charge in [0.15, 0.2) is 6.29 Å². The molecule has 0 saturated carbocycles. The van der Waals surface area contributed by atoms with Crippen LogP contribution in [-0.4, -0.2) is 96.7 Å². The third-order valence-electron chi connectivity index (χ3n) is 10.4. The predicted octanol–water partition coefficient (Wildman–Crippen LogP) is 5.70. The molecule has 0 spiro atoms. The van der Waals surface area contributed by atoms with Gasteiger partial charge in [-0.15, -0.1) is 0 Å². The first-order chi connectivity index (χ1) is 23.0. The zero-order chi connectivity index (χ0) is 32.2. The molecule has 5 saturated heterocycles.